The van der Waals surface area contributed by atoms with Gasteiger partial charge in [-0.05, 0) is 87.4 Å². The molecule has 10 heteroatoms. The first-order valence-corrected chi connectivity index (χ1v) is 24.5. The van der Waals surface area contributed by atoms with Crippen molar-refractivity contribution in [2.24, 2.45) is 17.3 Å². The van der Waals surface area contributed by atoms with Crippen molar-refractivity contribution in [3.8, 4) is 0 Å². The summed E-state index contributed by atoms with van der Waals surface area (Å²) in [6.07, 6.45) is 7.55. The Morgan fingerprint density at radius 1 is 0.959 bits per heavy atom. The summed E-state index contributed by atoms with van der Waals surface area (Å²) in [6.45, 7) is 35.2. The van der Waals surface area contributed by atoms with Gasteiger partial charge in [0, 0.05) is 16.7 Å². The summed E-state index contributed by atoms with van der Waals surface area (Å²) in [5.74, 6) is -1.58. The lowest BCUT2D eigenvalue weighted by molar-refractivity contribution is -0.146. The van der Waals surface area contributed by atoms with Crippen LogP contribution in [0.1, 0.15) is 113 Å². The number of aryl methyl sites for hydroxylation is 1. The van der Waals surface area contributed by atoms with Crippen LogP contribution in [0.2, 0.25) is 36.3 Å². The van der Waals surface area contributed by atoms with Crippen LogP contribution in [-0.2, 0) is 18.4 Å². The van der Waals surface area contributed by atoms with E-state index in [1.807, 2.05) is 46.1 Å². The quantitative estimate of drug-likeness (QED) is 0.114. The molecular weight excluding hydrogens is 667 g/mol. The van der Waals surface area contributed by atoms with E-state index in [9.17, 15) is 19.8 Å². The highest BCUT2D eigenvalue weighted by Crippen LogP contribution is 2.43. The molecule has 0 aromatic carbocycles. The summed E-state index contributed by atoms with van der Waals surface area (Å²) in [5.41, 5.74) is 1.86. The van der Waals surface area contributed by atoms with E-state index in [1.54, 1.807) is 11.3 Å². The van der Waals surface area contributed by atoms with E-state index in [0.29, 0.717) is 12.8 Å². The summed E-state index contributed by atoms with van der Waals surface area (Å²) < 4.78 is 13.7. The Hall–Kier alpha value is -1.70. The molecule has 0 spiro atoms. The number of hydrogen-bond donors (Lipinski definition) is 2. The molecule has 1 aromatic heterocycles. The number of aliphatic hydroxyl groups is 1. The van der Waals surface area contributed by atoms with Crippen molar-refractivity contribution in [3.63, 3.8) is 0 Å². The average Bonchev–Trinajstić information content (AvgIpc) is 3.35. The molecule has 1 aromatic rings. The molecule has 0 aliphatic heterocycles. The Labute approximate surface area is 305 Å². The molecule has 2 N–H and O–H groups in total. The van der Waals surface area contributed by atoms with Gasteiger partial charge in [0.05, 0.1) is 35.4 Å². The number of rotatable bonds is 18. The van der Waals surface area contributed by atoms with Crippen LogP contribution < -0.4 is 0 Å². The third kappa shape index (κ3) is 13.4. The number of aliphatic carboxylic acids is 1. The van der Waals surface area contributed by atoms with Crippen LogP contribution in [0.4, 0.5) is 0 Å². The number of carboxylic acid groups (broad SMARTS) is 1. The first kappa shape index (κ1) is 45.3. The number of thiazole rings is 1. The van der Waals surface area contributed by atoms with Gasteiger partial charge in [-0.2, -0.15) is 0 Å². The van der Waals surface area contributed by atoms with Crippen LogP contribution in [0.5, 0.6) is 0 Å². The number of Topliss-reactive ketones (excluding diaryl/α,β-unsaturated/α-hetero) is 1. The molecule has 1 heterocycles. The zero-order valence-corrected chi connectivity index (χ0v) is 36.6. The zero-order chi connectivity index (χ0) is 38.3. The lowest BCUT2D eigenvalue weighted by Crippen LogP contribution is -2.54. The third-order valence-electron chi connectivity index (χ3n) is 10.8. The molecule has 0 saturated heterocycles. The van der Waals surface area contributed by atoms with Gasteiger partial charge >= 0.3 is 5.97 Å². The molecule has 0 aliphatic rings. The highest BCUT2D eigenvalue weighted by Gasteiger charge is 2.49. The number of aromatic nitrogens is 1. The van der Waals surface area contributed by atoms with E-state index in [1.165, 1.54) is 0 Å². The first-order chi connectivity index (χ1) is 22.0. The molecule has 1 rings (SSSR count). The van der Waals surface area contributed by atoms with Crippen molar-refractivity contribution in [2.75, 3.05) is 0 Å². The molecular formula is C39H69NO6SSi2. The largest absolute Gasteiger partial charge is 0.481 e. The minimum absolute atomic E-state index is 0.0391. The van der Waals surface area contributed by atoms with Gasteiger partial charge in [0.1, 0.15) is 5.78 Å². The Balaban J connectivity index is 3.30. The van der Waals surface area contributed by atoms with Gasteiger partial charge in [0.15, 0.2) is 16.6 Å². The smallest absolute Gasteiger partial charge is 0.305 e. The number of carbonyl (C=O) groups excluding carboxylic acids is 1. The molecule has 0 amide bonds. The first-order valence-electron chi connectivity index (χ1n) is 17.8. The SMILES string of the molecule is CC(=CC[C@H](O)C(C)=Cc1csc(C)n1)CC=C[C@H](C)[C@H](O[Si](C)(C)C(C)(C)C)[C@@H](C)C(=O)C(C)(C)[C@H](CC(=O)O)O[Si](C)(C)C(C)(C)C. The maximum Gasteiger partial charge on any atom is 0.305 e. The Morgan fingerprint density at radius 3 is 1.96 bits per heavy atom. The van der Waals surface area contributed by atoms with Gasteiger partial charge < -0.3 is 19.1 Å². The van der Waals surface area contributed by atoms with E-state index in [-0.39, 0.29) is 28.2 Å². The summed E-state index contributed by atoms with van der Waals surface area (Å²) in [5, 5.41) is 23.4. The van der Waals surface area contributed by atoms with Gasteiger partial charge in [-0.15, -0.1) is 11.3 Å². The monoisotopic (exact) mass is 735 g/mol. The van der Waals surface area contributed by atoms with Crippen molar-refractivity contribution in [1.29, 1.82) is 0 Å². The second-order valence-electron chi connectivity index (χ2n) is 17.7. The fourth-order valence-corrected chi connectivity index (χ4v) is 8.61. The van der Waals surface area contributed by atoms with Gasteiger partial charge in [0.25, 0.3) is 0 Å². The van der Waals surface area contributed by atoms with E-state index < -0.39 is 52.2 Å². The fraction of sp³-hybridized carbons (Fsp3) is 0.718. The molecule has 7 nitrogen and oxygen atoms in total. The number of allylic oxidation sites excluding steroid dienone is 2. The highest BCUT2D eigenvalue weighted by atomic mass is 32.1. The van der Waals surface area contributed by atoms with Gasteiger partial charge in [0.2, 0.25) is 0 Å². The van der Waals surface area contributed by atoms with Crippen LogP contribution in [0, 0.1) is 24.2 Å². The topological polar surface area (TPSA) is 106 Å². The predicted octanol–water partition coefficient (Wildman–Crippen LogP) is 10.6. The molecule has 0 aliphatic carbocycles. The van der Waals surface area contributed by atoms with Crippen LogP contribution in [0.3, 0.4) is 0 Å². The number of aliphatic hydroxyl groups excluding tert-OH is 1. The van der Waals surface area contributed by atoms with Gasteiger partial charge in [-0.25, -0.2) is 4.98 Å². The Kier molecular flexibility index (Phi) is 16.4. The normalized spacial score (nSPS) is 17.6. The van der Waals surface area contributed by atoms with Crippen LogP contribution >= 0.6 is 11.3 Å². The lowest BCUT2D eigenvalue weighted by Gasteiger charge is -2.46. The van der Waals surface area contributed by atoms with E-state index in [0.717, 1.165) is 21.8 Å². The van der Waals surface area contributed by atoms with Crippen molar-refractivity contribution in [3.05, 3.63) is 45.5 Å². The Bertz CT molecular complexity index is 1350. The van der Waals surface area contributed by atoms with Gasteiger partial charge in [-0.3, -0.25) is 9.59 Å². The number of ketones is 1. The molecule has 5 atom stereocenters. The second-order valence-corrected chi connectivity index (χ2v) is 28.2. The second kappa shape index (κ2) is 17.7. The molecule has 0 fully saturated rings. The molecule has 0 unspecified atom stereocenters. The average molecular weight is 736 g/mol. The number of carboxylic acids is 1. The van der Waals surface area contributed by atoms with E-state index in [4.69, 9.17) is 8.85 Å². The van der Waals surface area contributed by atoms with Crippen molar-refractivity contribution in [1.82, 2.24) is 4.98 Å². The minimum Gasteiger partial charge on any atom is -0.481 e. The molecule has 0 bridgehead atoms. The summed E-state index contributed by atoms with van der Waals surface area (Å²) >= 11 is 1.60. The van der Waals surface area contributed by atoms with Crippen molar-refractivity contribution in [2.45, 2.75) is 164 Å². The number of carbonyl (C=O) groups is 2. The maximum absolute atomic E-state index is 14.5. The molecule has 280 valence electrons. The summed E-state index contributed by atoms with van der Waals surface area (Å²) in [7, 11) is -4.67. The molecule has 49 heavy (non-hydrogen) atoms. The summed E-state index contributed by atoms with van der Waals surface area (Å²) in [6, 6.07) is 0. The standard InChI is InChI=1S/C39H69NO6SSi2/c1-26(21-22-32(41)28(3)23-31-25-47-30(5)40-31)19-18-20-27(2)35(46-49(16,17)38(9,10)11)29(4)36(44)39(12,13)33(24-34(42)43)45-48(14,15)37(6,7)8/h18,20-21,23,25,27,29,32-33,35,41H,19,22,24H2,1-17H3,(H,42,43)/t27-,29+,32-,33-,35-/m0/s1. The minimum atomic E-state index is -2.38. The number of hydrogen-bond acceptors (Lipinski definition) is 7. The van der Waals surface area contributed by atoms with Crippen LogP contribution in [0.25, 0.3) is 6.08 Å². The maximum atomic E-state index is 14.5. The molecule has 0 saturated carbocycles. The molecule has 0 radical (unpaired) electrons. The number of nitrogens with zero attached hydrogens (tertiary/aromatic N) is 1. The van der Waals surface area contributed by atoms with Crippen LogP contribution in [-0.4, -0.2) is 61.9 Å². The van der Waals surface area contributed by atoms with Crippen molar-refractivity contribution >= 4 is 45.8 Å². The van der Waals surface area contributed by atoms with E-state index >= 15 is 0 Å². The predicted molar refractivity (Wildman–Crippen MR) is 212 cm³/mol. The summed E-state index contributed by atoms with van der Waals surface area (Å²) in [4.78, 5) is 31.0. The highest BCUT2D eigenvalue weighted by molar-refractivity contribution is 7.09. The zero-order valence-electron chi connectivity index (χ0n) is 33.8. The Morgan fingerprint density at radius 2 is 1.49 bits per heavy atom. The van der Waals surface area contributed by atoms with E-state index in [2.05, 4.69) is 105 Å². The fourth-order valence-electron chi connectivity index (χ4n) is 5.15. The lowest BCUT2D eigenvalue weighted by atomic mass is 9.73. The van der Waals surface area contributed by atoms with Crippen LogP contribution in [0.15, 0.2) is 34.8 Å². The third-order valence-corrected chi connectivity index (χ3v) is 20.6. The van der Waals surface area contributed by atoms with Gasteiger partial charge in [-0.1, -0.05) is 93.0 Å². The van der Waals surface area contributed by atoms with Crippen molar-refractivity contribution < 1.29 is 28.7 Å².